The highest BCUT2D eigenvalue weighted by atomic mass is 16.2. The molecule has 1 aromatic rings. The third-order valence-corrected chi connectivity index (χ3v) is 4.19. The average molecular weight is 278 g/mol. The van der Waals surface area contributed by atoms with Crippen molar-refractivity contribution in [1.82, 2.24) is 15.1 Å². The van der Waals surface area contributed by atoms with Gasteiger partial charge in [0.05, 0.1) is 11.4 Å². The molecule has 1 saturated heterocycles. The van der Waals surface area contributed by atoms with Crippen LogP contribution < -0.4 is 5.73 Å². The lowest BCUT2D eigenvalue weighted by Crippen LogP contribution is -2.40. The lowest BCUT2D eigenvalue weighted by atomic mass is 10.1. The number of hydrogen-bond donors (Lipinski definition) is 2. The van der Waals surface area contributed by atoms with Crippen LogP contribution >= 0.6 is 0 Å². The fourth-order valence-electron chi connectivity index (χ4n) is 3.00. The Kier molecular flexibility index (Phi) is 5.04. The number of nitrogens with two attached hydrogens (primary N) is 1. The molecule has 1 fully saturated rings. The third-order valence-electron chi connectivity index (χ3n) is 4.19. The number of nitrogens with one attached hydrogen (secondary N) is 1. The number of anilines is 1. The molecule has 1 unspecified atom stereocenters. The van der Waals surface area contributed by atoms with Gasteiger partial charge in [0.2, 0.25) is 0 Å². The van der Waals surface area contributed by atoms with Crippen LogP contribution in [-0.4, -0.2) is 33.6 Å². The van der Waals surface area contributed by atoms with Gasteiger partial charge < -0.3 is 10.6 Å². The van der Waals surface area contributed by atoms with Gasteiger partial charge in [0, 0.05) is 12.6 Å². The summed E-state index contributed by atoms with van der Waals surface area (Å²) in [5, 5.41) is 7.09. The number of carbonyl (C=O) groups excluding carboxylic acids is 1. The van der Waals surface area contributed by atoms with Crippen molar-refractivity contribution in [1.29, 1.82) is 0 Å². The number of aromatic amines is 1. The molecule has 0 bridgehead atoms. The molecule has 1 aliphatic rings. The minimum absolute atomic E-state index is 0.00477. The highest BCUT2D eigenvalue weighted by Crippen LogP contribution is 2.24. The van der Waals surface area contributed by atoms with Crippen molar-refractivity contribution in [2.45, 2.75) is 64.8 Å². The number of amides is 1. The van der Waals surface area contributed by atoms with E-state index in [1.807, 2.05) is 4.90 Å². The van der Waals surface area contributed by atoms with Gasteiger partial charge in [-0.15, -0.1) is 0 Å². The molecule has 0 aliphatic carbocycles. The number of aryl methyl sites for hydroxylation is 1. The van der Waals surface area contributed by atoms with Crippen LogP contribution in [0.2, 0.25) is 0 Å². The first-order chi connectivity index (χ1) is 9.69. The zero-order valence-electron chi connectivity index (χ0n) is 12.6. The molecule has 2 rings (SSSR count). The van der Waals surface area contributed by atoms with E-state index in [4.69, 9.17) is 5.73 Å². The van der Waals surface area contributed by atoms with Gasteiger partial charge in [0.25, 0.3) is 5.91 Å². The van der Waals surface area contributed by atoms with Crippen LogP contribution in [0.3, 0.4) is 0 Å². The van der Waals surface area contributed by atoms with Crippen molar-refractivity contribution in [2.75, 3.05) is 12.3 Å². The van der Waals surface area contributed by atoms with Crippen LogP contribution in [0.25, 0.3) is 0 Å². The smallest absolute Gasteiger partial charge is 0.276 e. The van der Waals surface area contributed by atoms with Crippen LogP contribution in [-0.2, 0) is 6.42 Å². The minimum Gasteiger partial charge on any atom is -0.395 e. The molecule has 5 nitrogen and oxygen atoms in total. The monoisotopic (exact) mass is 278 g/mol. The molecule has 1 amide bonds. The van der Waals surface area contributed by atoms with Gasteiger partial charge in [-0.3, -0.25) is 9.89 Å². The zero-order valence-corrected chi connectivity index (χ0v) is 12.6. The van der Waals surface area contributed by atoms with Crippen molar-refractivity contribution in [3.8, 4) is 0 Å². The van der Waals surface area contributed by atoms with Gasteiger partial charge in [-0.25, -0.2) is 0 Å². The Morgan fingerprint density at radius 1 is 1.40 bits per heavy atom. The van der Waals surface area contributed by atoms with Crippen molar-refractivity contribution in [3.63, 3.8) is 0 Å². The summed E-state index contributed by atoms with van der Waals surface area (Å²) in [5.41, 5.74) is 7.92. The molecule has 2 heterocycles. The van der Waals surface area contributed by atoms with Crippen LogP contribution in [0.5, 0.6) is 0 Å². The molecule has 112 valence electrons. The van der Waals surface area contributed by atoms with Crippen LogP contribution in [0.15, 0.2) is 0 Å². The maximum absolute atomic E-state index is 12.7. The molecule has 1 aromatic heterocycles. The summed E-state index contributed by atoms with van der Waals surface area (Å²) in [6, 6.07) is 0.329. The number of aromatic nitrogens is 2. The maximum Gasteiger partial charge on any atom is 0.276 e. The number of rotatable bonds is 4. The molecule has 0 radical (unpaired) electrons. The summed E-state index contributed by atoms with van der Waals surface area (Å²) >= 11 is 0. The summed E-state index contributed by atoms with van der Waals surface area (Å²) in [7, 11) is 0. The normalized spacial score (nSPS) is 19.9. The maximum atomic E-state index is 12.7. The molecule has 1 atom stereocenters. The van der Waals surface area contributed by atoms with E-state index in [1.165, 1.54) is 12.8 Å². The van der Waals surface area contributed by atoms with E-state index in [0.29, 0.717) is 17.4 Å². The van der Waals surface area contributed by atoms with Crippen molar-refractivity contribution in [2.24, 2.45) is 0 Å². The Hall–Kier alpha value is -1.52. The van der Waals surface area contributed by atoms with E-state index in [1.54, 1.807) is 0 Å². The van der Waals surface area contributed by atoms with Crippen LogP contribution in [0.1, 0.15) is 68.6 Å². The number of H-pyrrole nitrogens is 1. The molecule has 3 N–H and O–H groups in total. The third kappa shape index (κ3) is 2.97. The predicted molar refractivity (Wildman–Crippen MR) is 80.6 cm³/mol. The van der Waals surface area contributed by atoms with Gasteiger partial charge in [-0.2, -0.15) is 5.10 Å². The standard InChI is InChI=1S/C15H26N4O/c1-3-8-12-13(16)14(18-17-12)15(20)19-10-7-5-6-9-11(19)4-2/h11H,3-10,16H2,1-2H3,(H,17,18). The zero-order chi connectivity index (χ0) is 14.5. The fraction of sp³-hybridized carbons (Fsp3) is 0.733. The van der Waals surface area contributed by atoms with Crippen LogP contribution in [0, 0.1) is 0 Å². The second-order valence-electron chi connectivity index (χ2n) is 5.62. The van der Waals surface area contributed by atoms with Gasteiger partial charge >= 0.3 is 0 Å². The predicted octanol–water partition coefficient (Wildman–Crippen LogP) is 2.74. The molecule has 1 aliphatic heterocycles. The summed E-state index contributed by atoms with van der Waals surface area (Å²) in [4.78, 5) is 14.7. The molecule has 0 saturated carbocycles. The van der Waals surface area contributed by atoms with Crippen LogP contribution in [0.4, 0.5) is 5.69 Å². The van der Waals surface area contributed by atoms with Gasteiger partial charge in [0.1, 0.15) is 0 Å². The number of nitrogen functional groups attached to an aromatic ring is 1. The van der Waals surface area contributed by atoms with Gasteiger partial charge in [-0.1, -0.05) is 33.1 Å². The SMILES string of the molecule is CCCc1[nH]nc(C(=O)N2CCCCCC2CC)c1N. The number of likely N-dealkylation sites (tertiary alicyclic amines) is 1. The van der Waals surface area contributed by atoms with E-state index < -0.39 is 0 Å². The average Bonchev–Trinajstić information content (AvgIpc) is 2.68. The topological polar surface area (TPSA) is 75.0 Å². The number of nitrogens with zero attached hydrogens (tertiary/aromatic N) is 2. The van der Waals surface area contributed by atoms with Gasteiger partial charge in [0.15, 0.2) is 5.69 Å². The first-order valence-electron chi connectivity index (χ1n) is 7.82. The molecule has 0 spiro atoms. The Morgan fingerprint density at radius 3 is 2.90 bits per heavy atom. The molecular weight excluding hydrogens is 252 g/mol. The van der Waals surface area contributed by atoms with Crippen molar-refractivity contribution >= 4 is 11.6 Å². The second kappa shape index (κ2) is 6.77. The Bertz CT molecular complexity index is 455. The summed E-state index contributed by atoms with van der Waals surface area (Å²) in [6.45, 7) is 5.06. The second-order valence-corrected chi connectivity index (χ2v) is 5.62. The largest absolute Gasteiger partial charge is 0.395 e. The van der Waals surface area contributed by atoms with E-state index in [0.717, 1.165) is 44.3 Å². The fourth-order valence-corrected chi connectivity index (χ4v) is 3.00. The molecular formula is C15H26N4O. The Labute approximate surface area is 120 Å². The molecule has 20 heavy (non-hydrogen) atoms. The summed E-state index contributed by atoms with van der Waals surface area (Å²) < 4.78 is 0. The molecule has 0 aromatic carbocycles. The lowest BCUT2D eigenvalue weighted by molar-refractivity contribution is 0.0673. The van der Waals surface area contributed by atoms with E-state index >= 15 is 0 Å². The first kappa shape index (κ1) is 14.9. The van der Waals surface area contributed by atoms with Crippen molar-refractivity contribution in [3.05, 3.63) is 11.4 Å². The van der Waals surface area contributed by atoms with Crippen molar-refractivity contribution < 1.29 is 4.79 Å². The van der Waals surface area contributed by atoms with E-state index in [-0.39, 0.29) is 5.91 Å². The van der Waals surface area contributed by atoms with Gasteiger partial charge in [-0.05, 0) is 25.7 Å². The number of carbonyl (C=O) groups is 1. The first-order valence-corrected chi connectivity index (χ1v) is 7.82. The highest BCUT2D eigenvalue weighted by Gasteiger charge is 2.28. The highest BCUT2D eigenvalue weighted by molar-refractivity contribution is 5.97. The lowest BCUT2D eigenvalue weighted by Gasteiger charge is -2.28. The van der Waals surface area contributed by atoms with E-state index in [9.17, 15) is 4.79 Å². The molecule has 5 heteroatoms. The Morgan fingerprint density at radius 2 is 2.20 bits per heavy atom. The Balaban J connectivity index is 2.20. The quantitative estimate of drug-likeness (QED) is 0.889. The summed E-state index contributed by atoms with van der Waals surface area (Å²) in [6.07, 6.45) is 7.40. The van der Waals surface area contributed by atoms with E-state index in [2.05, 4.69) is 24.0 Å². The summed E-state index contributed by atoms with van der Waals surface area (Å²) in [5.74, 6) is -0.00477. The number of hydrogen-bond acceptors (Lipinski definition) is 3. The minimum atomic E-state index is -0.00477.